The van der Waals surface area contributed by atoms with Crippen molar-refractivity contribution in [3.63, 3.8) is 0 Å². The Hall–Kier alpha value is -1.82. The normalized spacial score (nSPS) is 21.3. The van der Waals surface area contributed by atoms with E-state index in [2.05, 4.69) is 44.6 Å². The third kappa shape index (κ3) is 4.17. The number of piperidine rings is 1. The molecule has 0 bridgehead atoms. The lowest BCUT2D eigenvalue weighted by Crippen LogP contribution is -2.53. The lowest BCUT2D eigenvalue weighted by Gasteiger charge is -2.39. The molecule has 0 unspecified atom stereocenters. The first-order chi connectivity index (χ1) is 11.6. The molecule has 2 saturated heterocycles. The highest BCUT2D eigenvalue weighted by atomic mass is 16.5. The fourth-order valence-corrected chi connectivity index (χ4v) is 3.20. The van der Waals surface area contributed by atoms with Crippen molar-refractivity contribution in [2.75, 3.05) is 44.8 Å². The monoisotopic (exact) mass is 331 g/mol. The predicted octanol–water partition coefficient (Wildman–Crippen LogP) is 1.56. The third-order valence-electron chi connectivity index (χ3n) is 4.84. The molecule has 0 amide bonds. The molecule has 0 saturated carbocycles. The standard InChI is InChI=1S/C18H29N5O/c1-14-5-4-6-16(21-14)23-9-7-15(8-10-23)22-17(19-3)20-11-18(2)12-24-13-18/h4-6,15H,7-13H2,1-3H3,(H2,19,20,22). The number of ether oxygens (including phenoxy) is 1. The van der Waals surface area contributed by atoms with E-state index in [4.69, 9.17) is 4.74 Å². The molecule has 3 rings (SSSR count). The van der Waals surface area contributed by atoms with Crippen molar-refractivity contribution in [1.29, 1.82) is 0 Å². The van der Waals surface area contributed by atoms with Crippen LogP contribution in [0.25, 0.3) is 0 Å². The van der Waals surface area contributed by atoms with E-state index >= 15 is 0 Å². The van der Waals surface area contributed by atoms with Gasteiger partial charge in [-0.15, -0.1) is 0 Å². The Morgan fingerprint density at radius 3 is 2.71 bits per heavy atom. The molecule has 2 N–H and O–H groups in total. The second-order valence-corrected chi connectivity index (χ2v) is 7.27. The number of aryl methyl sites for hydroxylation is 1. The molecular weight excluding hydrogens is 302 g/mol. The van der Waals surface area contributed by atoms with E-state index in [0.29, 0.717) is 6.04 Å². The molecule has 1 aromatic heterocycles. The molecule has 132 valence electrons. The third-order valence-corrected chi connectivity index (χ3v) is 4.84. The Balaban J connectivity index is 1.45. The molecule has 2 aliphatic rings. The van der Waals surface area contributed by atoms with E-state index in [1.54, 1.807) is 0 Å². The Morgan fingerprint density at radius 1 is 1.38 bits per heavy atom. The summed E-state index contributed by atoms with van der Waals surface area (Å²) in [6, 6.07) is 6.69. The van der Waals surface area contributed by atoms with Gasteiger partial charge in [0.25, 0.3) is 0 Å². The molecule has 0 atom stereocenters. The number of aliphatic imine (C=N–C) groups is 1. The molecule has 24 heavy (non-hydrogen) atoms. The maximum atomic E-state index is 5.30. The van der Waals surface area contributed by atoms with Gasteiger partial charge in [-0.2, -0.15) is 0 Å². The zero-order chi connectivity index (χ0) is 17.0. The van der Waals surface area contributed by atoms with Crippen molar-refractivity contribution in [3.05, 3.63) is 23.9 Å². The van der Waals surface area contributed by atoms with Gasteiger partial charge in [-0.05, 0) is 31.9 Å². The van der Waals surface area contributed by atoms with E-state index in [0.717, 1.165) is 63.2 Å². The smallest absolute Gasteiger partial charge is 0.191 e. The van der Waals surface area contributed by atoms with Crippen LogP contribution in [0.3, 0.4) is 0 Å². The van der Waals surface area contributed by atoms with Gasteiger partial charge in [0.05, 0.1) is 13.2 Å². The van der Waals surface area contributed by atoms with Crippen molar-refractivity contribution in [1.82, 2.24) is 15.6 Å². The summed E-state index contributed by atoms with van der Waals surface area (Å²) in [6.07, 6.45) is 2.19. The predicted molar refractivity (Wildman–Crippen MR) is 97.6 cm³/mol. The van der Waals surface area contributed by atoms with Gasteiger partial charge in [0.2, 0.25) is 0 Å². The number of hydrogen-bond donors (Lipinski definition) is 2. The second-order valence-electron chi connectivity index (χ2n) is 7.27. The zero-order valence-corrected chi connectivity index (χ0v) is 15.0. The molecule has 0 aromatic carbocycles. The first-order valence-electron chi connectivity index (χ1n) is 8.81. The lowest BCUT2D eigenvalue weighted by atomic mass is 9.89. The summed E-state index contributed by atoms with van der Waals surface area (Å²) in [4.78, 5) is 11.4. The Bertz CT molecular complexity index is 577. The van der Waals surface area contributed by atoms with Crippen LogP contribution in [0, 0.1) is 12.3 Å². The molecule has 6 heteroatoms. The van der Waals surface area contributed by atoms with Gasteiger partial charge < -0.3 is 20.3 Å². The summed E-state index contributed by atoms with van der Waals surface area (Å²) in [5.74, 6) is 1.99. The van der Waals surface area contributed by atoms with Crippen LogP contribution in [-0.4, -0.2) is 56.9 Å². The van der Waals surface area contributed by atoms with Crippen LogP contribution in [0.2, 0.25) is 0 Å². The first kappa shape index (κ1) is 17.0. The van der Waals surface area contributed by atoms with Gasteiger partial charge in [0.15, 0.2) is 5.96 Å². The molecule has 2 aliphatic heterocycles. The highest BCUT2D eigenvalue weighted by Crippen LogP contribution is 2.25. The van der Waals surface area contributed by atoms with Crippen molar-refractivity contribution in [2.45, 2.75) is 32.7 Å². The number of aromatic nitrogens is 1. The van der Waals surface area contributed by atoms with Gasteiger partial charge in [0.1, 0.15) is 5.82 Å². The minimum Gasteiger partial charge on any atom is -0.380 e. The maximum Gasteiger partial charge on any atom is 0.191 e. The molecule has 6 nitrogen and oxygen atoms in total. The molecule has 3 heterocycles. The Morgan fingerprint density at radius 2 is 2.12 bits per heavy atom. The van der Waals surface area contributed by atoms with E-state index in [1.165, 1.54) is 0 Å². The Labute approximate surface area is 144 Å². The largest absolute Gasteiger partial charge is 0.380 e. The second kappa shape index (κ2) is 7.38. The van der Waals surface area contributed by atoms with Crippen LogP contribution < -0.4 is 15.5 Å². The van der Waals surface area contributed by atoms with Gasteiger partial charge in [-0.25, -0.2) is 4.98 Å². The number of anilines is 1. The van der Waals surface area contributed by atoms with Gasteiger partial charge >= 0.3 is 0 Å². The number of hydrogen-bond acceptors (Lipinski definition) is 4. The number of guanidine groups is 1. The number of pyridine rings is 1. The van der Waals surface area contributed by atoms with Crippen LogP contribution in [0.1, 0.15) is 25.5 Å². The fourth-order valence-electron chi connectivity index (χ4n) is 3.20. The van der Waals surface area contributed by atoms with E-state index in [9.17, 15) is 0 Å². The fraction of sp³-hybridized carbons (Fsp3) is 0.667. The van der Waals surface area contributed by atoms with Crippen LogP contribution in [0.5, 0.6) is 0 Å². The average Bonchev–Trinajstić information content (AvgIpc) is 2.57. The number of nitrogens with one attached hydrogen (secondary N) is 2. The molecular formula is C18H29N5O. The van der Waals surface area contributed by atoms with Crippen LogP contribution >= 0.6 is 0 Å². The molecule has 0 spiro atoms. The highest BCUT2D eigenvalue weighted by Gasteiger charge is 2.33. The van der Waals surface area contributed by atoms with Crippen LogP contribution in [0.4, 0.5) is 5.82 Å². The molecule has 1 aromatic rings. The lowest BCUT2D eigenvalue weighted by molar-refractivity contribution is -0.0971. The number of rotatable bonds is 4. The highest BCUT2D eigenvalue weighted by molar-refractivity contribution is 5.80. The zero-order valence-electron chi connectivity index (χ0n) is 15.0. The minimum absolute atomic E-state index is 0.248. The summed E-state index contributed by atoms with van der Waals surface area (Å²) in [6.45, 7) is 8.90. The Kier molecular flexibility index (Phi) is 5.23. The van der Waals surface area contributed by atoms with Gasteiger partial charge in [-0.1, -0.05) is 13.0 Å². The summed E-state index contributed by atoms with van der Waals surface area (Å²) < 4.78 is 5.30. The SMILES string of the molecule is CN=C(NCC1(C)COC1)NC1CCN(c2cccc(C)n2)CC1. The summed E-state index contributed by atoms with van der Waals surface area (Å²) >= 11 is 0. The van der Waals surface area contributed by atoms with Crippen LogP contribution in [0.15, 0.2) is 23.2 Å². The van der Waals surface area contributed by atoms with Gasteiger partial charge in [0, 0.05) is 43.8 Å². The summed E-state index contributed by atoms with van der Waals surface area (Å²) in [7, 11) is 1.83. The topological polar surface area (TPSA) is 61.8 Å². The molecule has 0 radical (unpaired) electrons. The maximum absolute atomic E-state index is 5.30. The van der Waals surface area contributed by atoms with Crippen molar-refractivity contribution in [2.24, 2.45) is 10.4 Å². The summed E-state index contributed by atoms with van der Waals surface area (Å²) in [5.41, 5.74) is 1.32. The minimum atomic E-state index is 0.248. The quantitative estimate of drug-likeness (QED) is 0.648. The van der Waals surface area contributed by atoms with E-state index < -0.39 is 0 Å². The molecule has 2 fully saturated rings. The van der Waals surface area contributed by atoms with Crippen LogP contribution in [-0.2, 0) is 4.74 Å². The van der Waals surface area contributed by atoms with E-state index in [1.807, 2.05) is 20.0 Å². The van der Waals surface area contributed by atoms with E-state index in [-0.39, 0.29) is 5.41 Å². The van der Waals surface area contributed by atoms with Crippen molar-refractivity contribution < 1.29 is 4.74 Å². The van der Waals surface area contributed by atoms with Gasteiger partial charge in [-0.3, -0.25) is 4.99 Å². The first-order valence-corrected chi connectivity index (χ1v) is 8.81. The summed E-state index contributed by atoms with van der Waals surface area (Å²) in [5, 5.41) is 7.00. The van der Waals surface area contributed by atoms with Crippen molar-refractivity contribution in [3.8, 4) is 0 Å². The van der Waals surface area contributed by atoms with Crippen molar-refractivity contribution >= 4 is 11.8 Å². The molecule has 0 aliphatic carbocycles. The number of nitrogens with zero attached hydrogens (tertiary/aromatic N) is 3. The average molecular weight is 331 g/mol.